The number of rotatable bonds is 3. The fraction of sp³-hybridized carbons (Fsp3) is 0.111. The van der Waals surface area contributed by atoms with Gasteiger partial charge in [-0.1, -0.05) is 24.3 Å². The summed E-state index contributed by atoms with van der Waals surface area (Å²) >= 11 is 0. The fourth-order valence-electron chi connectivity index (χ4n) is 0.865. The molecule has 1 aromatic rings. The molecule has 0 fully saturated rings. The second-order valence-corrected chi connectivity index (χ2v) is 2.37. The van der Waals surface area contributed by atoms with Gasteiger partial charge >= 0.3 is 0 Å². The summed E-state index contributed by atoms with van der Waals surface area (Å²) in [5.41, 5.74) is 1.10. The number of carbonyl (C=O) groups is 2. The second-order valence-electron chi connectivity index (χ2n) is 2.37. The zero-order chi connectivity index (χ0) is 8.97. The average Bonchev–Trinajstić information content (AvgIpc) is 2.17. The van der Waals surface area contributed by atoms with Crippen LogP contribution in [-0.2, 0) is 0 Å². The van der Waals surface area contributed by atoms with Crippen LogP contribution >= 0.6 is 0 Å². The first-order valence-corrected chi connectivity index (χ1v) is 3.56. The number of Topliss-reactive ketones (excluding diaryl/α,β-unsaturated/α-hetero) is 1. The molecule has 0 saturated carbocycles. The molecule has 0 bridgehead atoms. The lowest BCUT2D eigenvalue weighted by molar-refractivity contribution is 0.101. The molecular formula is C9H7BO2. The predicted molar refractivity (Wildman–Crippen MR) is 46.7 cm³/mol. The van der Waals surface area contributed by atoms with Gasteiger partial charge in [-0.2, -0.15) is 0 Å². The molecule has 0 spiro atoms. The van der Waals surface area contributed by atoms with Crippen molar-refractivity contribution in [3.05, 3.63) is 35.4 Å². The van der Waals surface area contributed by atoms with Crippen LogP contribution in [0.5, 0.6) is 0 Å². The van der Waals surface area contributed by atoms with Gasteiger partial charge in [-0.05, 0) is 6.32 Å². The number of hydrogen-bond acceptors (Lipinski definition) is 2. The summed E-state index contributed by atoms with van der Waals surface area (Å²) in [5, 5.41) is 0. The highest BCUT2D eigenvalue weighted by atomic mass is 16.1. The van der Waals surface area contributed by atoms with E-state index in [9.17, 15) is 9.59 Å². The normalized spacial score (nSPS) is 9.33. The summed E-state index contributed by atoms with van der Waals surface area (Å²) in [7, 11) is 5.16. The van der Waals surface area contributed by atoms with Crippen LogP contribution in [0.1, 0.15) is 20.7 Å². The highest BCUT2D eigenvalue weighted by Gasteiger charge is 2.00. The molecule has 0 heterocycles. The van der Waals surface area contributed by atoms with E-state index in [-0.39, 0.29) is 12.1 Å². The van der Waals surface area contributed by atoms with Crippen LogP contribution in [0, 0.1) is 0 Å². The Morgan fingerprint density at radius 1 is 1.33 bits per heavy atom. The molecule has 2 nitrogen and oxygen atoms in total. The van der Waals surface area contributed by atoms with Gasteiger partial charge in [-0.25, -0.2) is 0 Å². The maximum absolute atomic E-state index is 11.0. The molecule has 0 aromatic heterocycles. The van der Waals surface area contributed by atoms with Gasteiger partial charge in [0.1, 0.15) is 6.29 Å². The minimum Gasteiger partial charge on any atom is -0.298 e. The maximum atomic E-state index is 11.0. The average molecular weight is 158 g/mol. The zero-order valence-electron chi connectivity index (χ0n) is 6.49. The highest BCUT2D eigenvalue weighted by Crippen LogP contribution is 2.04. The van der Waals surface area contributed by atoms with Crippen molar-refractivity contribution in [1.82, 2.24) is 0 Å². The van der Waals surface area contributed by atoms with Crippen LogP contribution in [0.4, 0.5) is 0 Å². The van der Waals surface area contributed by atoms with E-state index in [0.717, 1.165) is 6.29 Å². The Balaban J connectivity index is 2.91. The lowest BCUT2D eigenvalue weighted by Gasteiger charge is -1.96. The second kappa shape index (κ2) is 3.86. The Morgan fingerprint density at radius 3 is 2.33 bits per heavy atom. The van der Waals surface area contributed by atoms with E-state index in [2.05, 4.69) is 0 Å². The lowest BCUT2D eigenvalue weighted by atomic mass is 9.95. The lowest BCUT2D eigenvalue weighted by Crippen LogP contribution is -1.96. The molecule has 0 aliphatic rings. The first kappa shape index (κ1) is 8.72. The van der Waals surface area contributed by atoms with Gasteiger partial charge in [-0.15, -0.1) is 0 Å². The van der Waals surface area contributed by atoms with Crippen molar-refractivity contribution in [1.29, 1.82) is 0 Å². The van der Waals surface area contributed by atoms with Crippen LogP contribution in [0.25, 0.3) is 0 Å². The topological polar surface area (TPSA) is 34.1 Å². The van der Waals surface area contributed by atoms with Crippen molar-refractivity contribution < 1.29 is 9.59 Å². The van der Waals surface area contributed by atoms with Gasteiger partial charge < -0.3 is 0 Å². The van der Waals surface area contributed by atoms with Crippen LogP contribution in [0.3, 0.4) is 0 Å². The van der Waals surface area contributed by atoms with Gasteiger partial charge in [0.15, 0.2) is 5.78 Å². The number of aldehydes is 1. The first-order chi connectivity index (χ1) is 5.77. The standard InChI is InChI=1S/C9H7BO2/c10-5-9(12)8-3-1-7(6-11)2-4-8/h1-4,6H,5H2. The van der Waals surface area contributed by atoms with Crippen LogP contribution in [0.15, 0.2) is 24.3 Å². The SMILES string of the molecule is [B]CC(=O)c1ccc(C=O)cc1. The first-order valence-electron chi connectivity index (χ1n) is 3.56. The summed E-state index contributed by atoms with van der Waals surface area (Å²) in [6.45, 7) is 0. The van der Waals surface area contributed by atoms with Gasteiger partial charge in [-0.3, -0.25) is 9.59 Å². The summed E-state index contributed by atoms with van der Waals surface area (Å²) in [6.07, 6.45) is 0.733. The quantitative estimate of drug-likeness (QED) is 0.377. The minimum atomic E-state index is -0.118. The molecule has 1 rings (SSSR count). The van der Waals surface area contributed by atoms with Crippen molar-refractivity contribution in [3.8, 4) is 0 Å². The van der Waals surface area contributed by atoms with E-state index in [0.29, 0.717) is 11.1 Å². The molecule has 12 heavy (non-hydrogen) atoms. The Kier molecular flexibility index (Phi) is 2.80. The zero-order valence-corrected chi connectivity index (χ0v) is 6.49. The number of hydrogen-bond donors (Lipinski definition) is 0. The summed E-state index contributed by atoms with van der Waals surface area (Å²) in [4.78, 5) is 21.2. The monoisotopic (exact) mass is 158 g/mol. The molecule has 0 saturated heterocycles. The van der Waals surface area contributed by atoms with E-state index in [1.54, 1.807) is 24.3 Å². The molecular weight excluding hydrogens is 151 g/mol. The molecule has 0 N–H and O–H groups in total. The molecule has 58 valence electrons. The third-order valence-electron chi connectivity index (χ3n) is 1.55. The van der Waals surface area contributed by atoms with E-state index in [1.807, 2.05) is 0 Å². The van der Waals surface area contributed by atoms with Crippen LogP contribution < -0.4 is 0 Å². The molecule has 0 amide bonds. The number of ketones is 1. The van der Waals surface area contributed by atoms with E-state index >= 15 is 0 Å². The van der Waals surface area contributed by atoms with E-state index < -0.39 is 0 Å². The summed E-state index contributed by atoms with van der Waals surface area (Å²) < 4.78 is 0. The molecule has 2 radical (unpaired) electrons. The highest BCUT2D eigenvalue weighted by molar-refractivity contribution is 6.24. The Labute approximate surface area is 72.0 Å². The molecule has 0 aliphatic heterocycles. The van der Waals surface area contributed by atoms with Crippen molar-refractivity contribution in [3.63, 3.8) is 0 Å². The van der Waals surface area contributed by atoms with Crippen LogP contribution in [-0.4, -0.2) is 19.9 Å². The maximum Gasteiger partial charge on any atom is 0.154 e. The third kappa shape index (κ3) is 1.81. The third-order valence-corrected chi connectivity index (χ3v) is 1.55. The predicted octanol–water partition coefficient (Wildman–Crippen LogP) is 1.27. The summed E-state index contributed by atoms with van der Waals surface area (Å²) in [6, 6.07) is 6.38. The van der Waals surface area contributed by atoms with Crippen molar-refractivity contribution in [2.24, 2.45) is 0 Å². The Bertz CT molecular complexity index is 290. The number of benzene rings is 1. The summed E-state index contributed by atoms with van der Waals surface area (Å²) in [5.74, 6) is -0.118. The van der Waals surface area contributed by atoms with Gasteiger partial charge in [0.2, 0.25) is 0 Å². The van der Waals surface area contributed by atoms with Gasteiger partial charge in [0.05, 0.1) is 7.85 Å². The van der Waals surface area contributed by atoms with Crippen molar-refractivity contribution >= 4 is 19.9 Å². The van der Waals surface area contributed by atoms with E-state index in [4.69, 9.17) is 7.85 Å². The molecule has 0 aliphatic carbocycles. The largest absolute Gasteiger partial charge is 0.298 e. The van der Waals surface area contributed by atoms with Crippen molar-refractivity contribution in [2.75, 3.05) is 0 Å². The van der Waals surface area contributed by atoms with E-state index in [1.165, 1.54) is 0 Å². The van der Waals surface area contributed by atoms with Gasteiger partial charge in [0.25, 0.3) is 0 Å². The van der Waals surface area contributed by atoms with Gasteiger partial charge in [0, 0.05) is 11.1 Å². The molecule has 0 atom stereocenters. The molecule has 3 heteroatoms. The molecule has 0 unspecified atom stereocenters. The van der Waals surface area contributed by atoms with Crippen LogP contribution in [0.2, 0.25) is 6.32 Å². The fourth-order valence-corrected chi connectivity index (χ4v) is 0.865. The number of carbonyl (C=O) groups excluding carboxylic acids is 2. The van der Waals surface area contributed by atoms with Crippen molar-refractivity contribution in [2.45, 2.75) is 6.32 Å². The molecule has 1 aromatic carbocycles. The minimum absolute atomic E-state index is 0.000432. The Hall–Kier alpha value is -1.38. The Morgan fingerprint density at radius 2 is 1.92 bits per heavy atom. The smallest absolute Gasteiger partial charge is 0.154 e.